The Bertz CT molecular complexity index is 267. The third-order valence-corrected chi connectivity index (χ3v) is 4.42. The van der Waals surface area contributed by atoms with Gasteiger partial charge < -0.3 is 4.74 Å². The van der Waals surface area contributed by atoms with Crippen LogP contribution in [0.2, 0.25) is 0 Å². The van der Waals surface area contributed by atoms with Gasteiger partial charge in [-0.05, 0) is 57.3 Å². The summed E-state index contributed by atoms with van der Waals surface area (Å²) in [6.07, 6.45) is 10.7. The molecular formula is C15H26O. The van der Waals surface area contributed by atoms with Gasteiger partial charge in [0.2, 0.25) is 0 Å². The van der Waals surface area contributed by atoms with E-state index in [2.05, 4.69) is 39.8 Å². The molecule has 0 aromatic heterocycles. The van der Waals surface area contributed by atoms with Crippen molar-refractivity contribution in [2.75, 3.05) is 0 Å². The largest absolute Gasteiger partial charge is 0.367 e. The molecule has 0 aromatic rings. The molecule has 0 N–H and O–H groups in total. The van der Waals surface area contributed by atoms with E-state index in [0.717, 1.165) is 17.8 Å². The normalized spacial score (nSPS) is 38.4. The second kappa shape index (κ2) is 4.52. The molecule has 1 aliphatic carbocycles. The summed E-state index contributed by atoms with van der Waals surface area (Å²) in [5, 5.41) is 0. The molecule has 4 atom stereocenters. The highest BCUT2D eigenvalue weighted by molar-refractivity contribution is 4.99. The van der Waals surface area contributed by atoms with E-state index in [1.807, 2.05) is 0 Å². The van der Waals surface area contributed by atoms with E-state index in [4.69, 9.17) is 4.74 Å². The van der Waals surface area contributed by atoms with Gasteiger partial charge in [-0.25, -0.2) is 0 Å². The first-order valence-corrected chi connectivity index (χ1v) is 6.85. The minimum absolute atomic E-state index is 0.177. The van der Waals surface area contributed by atoms with Crippen LogP contribution >= 0.6 is 0 Å². The van der Waals surface area contributed by atoms with Crippen LogP contribution in [-0.2, 0) is 4.74 Å². The Balaban J connectivity index is 1.72. The third-order valence-electron chi connectivity index (χ3n) is 4.42. The fourth-order valence-corrected chi connectivity index (χ4v) is 2.82. The average molecular weight is 222 g/mol. The quantitative estimate of drug-likeness (QED) is 0.513. The number of epoxide rings is 1. The minimum Gasteiger partial charge on any atom is -0.367 e. The smallest absolute Gasteiger partial charge is 0.0892 e. The summed E-state index contributed by atoms with van der Waals surface area (Å²) in [6, 6.07) is 0. The molecule has 1 fully saturated rings. The highest BCUT2D eigenvalue weighted by Gasteiger charge is 2.47. The van der Waals surface area contributed by atoms with Gasteiger partial charge in [0.05, 0.1) is 11.7 Å². The van der Waals surface area contributed by atoms with E-state index in [9.17, 15) is 0 Å². The lowest BCUT2D eigenvalue weighted by molar-refractivity contribution is 0.297. The fraction of sp³-hybridized carbons (Fsp3) is 0.867. The van der Waals surface area contributed by atoms with Crippen LogP contribution in [0.5, 0.6) is 0 Å². The van der Waals surface area contributed by atoms with Crippen molar-refractivity contribution >= 4 is 0 Å². The molecule has 2 aliphatic rings. The first-order chi connectivity index (χ1) is 7.49. The fourth-order valence-electron chi connectivity index (χ4n) is 2.82. The molecule has 2 rings (SSSR count). The third kappa shape index (κ3) is 2.88. The summed E-state index contributed by atoms with van der Waals surface area (Å²) >= 11 is 0. The topological polar surface area (TPSA) is 12.5 Å². The molecule has 0 spiro atoms. The molecule has 1 heteroatoms. The van der Waals surface area contributed by atoms with E-state index < -0.39 is 0 Å². The minimum atomic E-state index is 0.177. The van der Waals surface area contributed by atoms with Crippen LogP contribution in [0.25, 0.3) is 0 Å². The highest BCUT2D eigenvalue weighted by Crippen LogP contribution is 2.40. The molecule has 92 valence electrons. The Morgan fingerprint density at radius 3 is 2.50 bits per heavy atom. The van der Waals surface area contributed by atoms with E-state index in [0.29, 0.717) is 6.10 Å². The molecule has 0 radical (unpaired) electrons. The molecule has 1 nitrogen and oxygen atoms in total. The molecule has 1 heterocycles. The maximum Gasteiger partial charge on any atom is 0.0892 e. The van der Waals surface area contributed by atoms with Gasteiger partial charge in [0.15, 0.2) is 0 Å². The molecule has 1 saturated heterocycles. The van der Waals surface area contributed by atoms with E-state index in [-0.39, 0.29) is 5.60 Å². The number of ether oxygens (including phenoxy) is 1. The number of allylic oxidation sites excluding steroid dienone is 2. The highest BCUT2D eigenvalue weighted by atomic mass is 16.6. The Kier molecular flexibility index (Phi) is 3.44. The van der Waals surface area contributed by atoms with Gasteiger partial charge in [-0.2, -0.15) is 0 Å². The van der Waals surface area contributed by atoms with Crippen LogP contribution in [0, 0.1) is 17.8 Å². The Labute approximate surface area is 100 Å². The van der Waals surface area contributed by atoms with Crippen molar-refractivity contribution in [3.8, 4) is 0 Å². The first kappa shape index (κ1) is 12.2. The van der Waals surface area contributed by atoms with Crippen molar-refractivity contribution in [2.24, 2.45) is 17.8 Å². The lowest BCUT2D eigenvalue weighted by atomic mass is 9.80. The molecule has 0 saturated carbocycles. The number of rotatable bonds is 4. The zero-order valence-corrected chi connectivity index (χ0v) is 11.2. The second-order valence-electron chi connectivity index (χ2n) is 6.37. The number of hydrogen-bond donors (Lipinski definition) is 0. The summed E-state index contributed by atoms with van der Waals surface area (Å²) in [4.78, 5) is 0. The van der Waals surface area contributed by atoms with Gasteiger partial charge in [-0.15, -0.1) is 0 Å². The Hall–Kier alpha value is -0.300. The second-order valence-corrected chi connectivity index (χ2v) is 6.37. The van der Waals surface area contributed by atoms with Crippen LogP contribution in [-0.4, -0.2) is 11.7 Å². The predicted molar refractivity (Wildman–Crippen MR) is 68.4 cm³/mol. The molecule has 0 bridgehead atoms. The van der Waals surface area contributed by atoms with Crippen LogP contribution < -0.4 is 0 Å². The predicted octanol–water partition coefficient (Wildman–Crippen LogP) is 4.18. The lowest BCUT2D eigenvalue weighted by Crippen LogP contribution is -2.15. The average Bonchev–Trinajstić information content (AvgIpc) is 2.84. The lowest BCUT2D eigenvalue weighted by Gasteiger charge is -2.25. The maximum absolute atomic E-state index is 5.64. The SMILES string of the molecule is CC1C=CC([C@@H](C)CCC2OC2(C)C)CC1. The van der Waals surface area contributed by atoms with Crippen molar-refractivity contribution in [1.29, 1.82) is 0 Å². The van der Waals surface area contributed by atoms with Crippen molar-refractivity contribution < 1.29 is 4.74 Å². The zero-order chi connectivity index (χ0) is 11.8. The molecule has 16 heavy (non-hydrogen) atoms. The van der Waals surface area contributed by atoms with Crippen molar-refractivity contribution in [3.05, 3.63) is 12.2 Å². The molecule has 3 unspecified atom stereocenters. The van der Waals surface area contributed by atoms with Crippen LogP contribution in [0.3, 0.4) is 0 Å². The number of hydrogen-bond acceptors (Lipinski definition) is 1. The summed E-state index contributed by atoms with van der Waals surface area (Å²) in [5.41, 5.74) is 0.177. The van der Waals surface area contributed by atoms with Crippen LogP contribution in [0.15, 0.2) is 12.2 Å². The Morgan fingerprint density at radius 1 is 1.31 bits per heavy atom. The van der Waals surface area contributed by atoms with E-state index in [1.54, 1.807) is 0 Å². The summed E-state index contributed by atoms with van der Waals surface area (Å²) < 4.78 is 5.64. The first-order valence-electron chi connectivity index (χ1n) is 6.85. The van der Waals surface area contributed by atoms with Gasteiger partial charge >= 0.3 is 0 Å². The van der Waals surface area contributed by atoms with Gasteiger partial charge in [0, 0.05) is 0 Å². The van der Waals surface area contributed by atoms with Gasteiger partial charge in [-0.3, -0.25) is 0 Å². The van der Waals surface area contributed by atoms with Crippen LogP contribution in [0.1, 0.15) is 53.4 Å². The van der Waals surface area contributed by atoms with Crippen molar-refractivity contribution in [3.63, 3.8) is 0 Å². The van der Waals surface area contributed by atoms with Gasteiger partial charge in [0.25, 0.3) is 0 Å². The molecular weight excluding hydrogens is 196 g/mol. The van der Waals surface area contributed by atoms with E-state index in [1.165, 1.54) is 25.7 Å². The van der Waals surface area contributed by atoms with Gasteiger partial charge in [0.1, 0.15) is 0 Å². The molecule has 1 aliphatic heterocycles. The van der Waals surface area contributed by atoms with Crippen molar-refractivity contribution in [2.45, 2.75) is 65.1 Å². The van der Waals surface area contributed by atoms with Crippen LogP contribution in [0.4, 0.5) is 0 Å². The van der Waals surface area contributed by atoms with Crippen molar-refractivity contribution in [1.82, 2.24) is 0 Å². The van der Waals surface area contributed by atoms with E-state index >= 15 is 0 Å². The maximum atomic E-state index is 5.64. The molecule has 0 amide bonds. The zero-order valence-electron chi connectivity index (χ0n) is 11.2. The Morgan fingerprint density at radius 2 is 2.00 bits per heavy atom. The summed E-state index contributed by atoms with van der Waals surface area (Å²) in [5.74, 6) is 2.44. The summed E-state index contributed by atoms with van der Waals surface area (Å²) in [7, 11) is 0. The summed E-state index contributed by atoms with van der Waals surface area (Å²) in [6.45, 7) is 9.12. The standard InChI is InChI=1S/C15H26O/c1-11-5-8-13(9-6-11)12(2)7-10-14-15(3,4)16-14/h5,8,11-14H,6-7,9-10H2,1-4H3/t11?,12-,13?,14?/m0/s1. The monoisotopic (exact) mass is 222 g/mol. The van der Waals surface area contributed by atoms with Gasteiger partial charge in [-0.1, -0.05) is 26.0 Å². The molecule has 0 aromatic carbocycles.